The average molecular weight is 397 g/mol. The van der Waals surface area contributed by atoms with Gasteiger partial charge in [0.25, 0.3) is 0 Å². The van der Waals surface area contributed by atoms with Gasteiger partial charge in [0.05, 0.1) is 0 Å². The third-order valence-corrected chi connectivity index (χ3v) is 10.9. The summed E-state index contributed by atoms with van der Waals surface area (Å²) in [5, 5.41) is 0. The van der Waals surface area contributed by atoms with Gasteiger partial charge in [-0.05, 0) is 0 Å². The van der Waals surface area contributed by atoms with Crippen LogP contribution in [0.15, 0.2) is 0 Å². The number of rotatable bonds is 4. The van der Waals surface area contributed by atoms with E-state index in [4.69, 9.17) is 0 Å². The SMILES string of the molecule is CC.C[C](=O)[Pt]([C](C)=O)([C](C)=O)[C](C)=O. The molecule has 0 aromatic carbocycles. The minimum absolute atomic E-state index is 0.528. The summed E-state index contributed by atoms with van der Waals surface area (Å²) in [6.07, 6.45) is 0. The van der Waals surface area contributed by atoms with Crippen molar-refractivity contribution in [3.05, 3.63) is 0 Å². The summed E-state index contributed by atoms with van der Waals surface area (Å²) in [6, 6.07) is 0. The van der Waals surface area contributed by atoms with Crippen LogP contribution in [0.1, 0.15) is 41.5 Å². The van der Waals surface area contributed by atoms with Crippen molar-refractivity contribution < 1.29 is 35.2 Å². The standard InChI is InChI=1S/4C2H3O.C2H6.Pt/c4*1-2-3;1-2;/h4*1H3;1-2H3;. The van der Waals surface area contributed by atoms with E-state index in [2.05, 4.69) is 0 Å². The number of carbonyl (C=O) groups excluding carboxylic acids is 4. The van der Waals surface area contributed by atoms with Crippen molar-refractivity contribution >= 4 is 16.7 Å². The van der Waals surface area contributed by atoms with E-state index >= 15 is 0 Å². The molecule has 0 aliphatic carbocycles. The molecule has 0 fully saturated rings. The number of hydrogen-bond acceptors (Lipinski definition) is 4. The Morgan fingerprint density at radius 3 is 0.733 bits per heavy atom. The van der Waals surface area contributed by atoms with Crippen LogP contribution in [0.3, 0.4) is 0 Å². The molecule has 0 saturated carbocycles. The van der Waals surface area contributed by atoms with Crippen molar-refractivity contribution in [1.29, 1.82) is 0 Å². The van der Waals surface area contributed by atoms with Gasteiger partial charge in [-0.2, -0.15) is 0 Å². The molecule has 0 bridgehead atoms. The van der Waals surface area contributed by atoms with Gasteiger partial charge < -0.3 is 0 Å². The van der Waals surface area contributed by atoms with Crippen LogP contribution in [0.25, 0.3) is 0 Å². The average Bonchev–Trinajstić information content (AvgIpc) is 2.05. The molecule has 0 N–H and O–H groups in total. The van der Waals surface area contributed by atoms with E-state index in [1.807, 2.05) is 13.8 Å². The van der Waals surface area contributed by atoms with E-state index in [0.717, 1.165) is 27.7 Å². The predicted octanol–water partition coefficient (Wildman–Crippen LogP) is 1.35. The first-order valence-corrected chi connectivity index (χ1v) is 8.99. The summed E-state index contributed by atoms with van der Waals surface area (Å²) in [4.78, 5) is 44.8. The molecule has 0 radical (unpaired) electrons. The molecular weight excluding hydrogens is 379 g/mol. The third kappa shape index (κ3) is 3.16. The molecule has 0 aromatic heterocycles. The van der Waals surface area contributed by atoms with E-state index in [9.17, 15) is 19.2 Å². The van der Waals surface area contributed by atoms with Gasteiger partial charge in [0.1, 0.15) is 0 Å². The Labute approximate surface area is 93.6 Å². The van der Waals surface area contributed by atoms with Crippen molar-refractivity contribution in [3.8, 4) is 0 Å². The summed E-state index contributed by atoms with van der Waals surface area (Å²) in [5.74, 6) is 0. The second kappa shape index (κ2) is 6.78. The fourth-order valence-electron chi connectivity index (χ4n) is 0.941. The topological polar surface area (TPSA) is 68.3 Å². The molecule has 0 rings (SSSR count). The van der Waals surface area contributed by atoms with Gasteiger partial charge >= 0.3 is 79.6 Å². The minimum atomic E-state index is -4.14. The van der Waals surface area contributed by atoms with Crippen LogP contribution in [-0.4, -0.2) is 16.7 Å². The van der Waals surface area contributed by atoms with Crippen LogP contribution in [0.4, 0.5) is 0 Å². The van der Waals surface area contributed by atoms with Crippen molar-refractivity contribution in [1.82, 2.24) is 0 Å². The van der Waals surface area contributed by atoms with Crippen LogP contribution in [-0.2, 0) is 35.2 Å². The Balaban J connectivity index is 0. The summed E-state index contributed by atoms with van der Waals surface area (Å²) in [7, 11) is 0. The fraction of sp³-hybridized carbons (Fsp3) is 0.600. The molecule has 0 amide bonds. The molecule has 0 saturated heterocycles. The first kappa shape index (κ1) is 16.8. The normalized spacial score (nSPS) is 10.8. The predicted molar refractivity (Wildman–Crippen MR) is 54.1 cm³/mol. The van der Waals surface area contributed by atoms with E-state index in [-0.39, 0.29) is 0 Å². The van der Waals surface area contributed by atoms with E-state index < -0.39 is 32.8 Å². The number of hydrogen-bond donors (Lipinski definition) is 0. The van der Waals surface area contributed by atoms with Crippen molar-refractivity contribution in [3.63, 3.8) is 0 Å². The van der Waals surface area contributed by atoms with Crippen LogP contribution in [0.5, 0.6) is 0 Å². The molecular formula is C10H18O4Pt. The molecule has 0 aliphatic rings. The summed E-state index contributed by atoms with van der Waals surface area (Å²) >= 11 is -4.14. The zero-order valence-electron chi connectivity index (χ0n) is 9.95. The van der Waals surface area contributed by atoms with Gasteiger partial charge in [0.2, 0.25) is 0 Å². The molecule has 0 heterocycles. The van der Waals surface area contributed by atoms with Crippen molar-refractivity contribution in [2.24, 2.45) is 0 Å². The summed E-state index contributed by atoms with van der Waals surface area (Å²) < 4.78 is -2.11. The molecule has 0 aliphatic heterocycles. The maximum atomic E-state index is 11.2. The van der Waals surface area contributed by atoms with Gasteiger partial charge in [-0.3, -0.25) is 0 Å². The molecule has 15 heavy (non-hydrogen) atoms. The van der Waals surface area contributed by atoms with Crippen LogP contribution in [0, 0.1) is 0 Å². The van der Waals surface area contributed by atoms with E-state index in [0.29, 0.717) is 0 Å². The zero-order chi connectivity index (χ0) is 12.8. The molecule has 0 unspecified atom stereocenters. The second-order valence-corrected chi connectivity index (χ2v) is 12.0. The van der Waals surface area contributed by atoms with Gasteiger partial charge in [-0.15, -0.1) is 0 Å². The Morgan fingerprint density at radius 2 is 0.733 bits per heavy atom. The summed E-state index contributed by atoms with van der Waals surface area (Å²) in [6.45, 7) is 8.62. The van der Waals surface area contributed by atoms with Crippen molar-refractivity contribution in [2.45, 2.75) is 41.5 Å². The van der Waals surface area contributed by atoms with Gasteiger partial charge in [-0.1, -0.05) is 13.8 Å². The molecule has 0 spiro atoms. The first-order valence-electron chi connectivity index (χ1n) is 4.45. The summed E-state index contributed by atoms with van der Waals surface area (Å²) in [5.41, 5.74) is 0. The van der Waals surface area contributed by atoms with Crippen LogP contribution in [0.2, 0.25) is 0 Å². The van der Waals surface area contributed by atoms with Gasteiger partial charge in [-0.25, -0.2) is 0 Å². The quantitative estimate of drug-likeness (QED) is 0.718. The Bertz CT molecular complexity index is 232. The monoisotopic (exact) mass is 397 g/mol. The van der Waals surface area contributed by atoms with Gasteiger partial charge in [0, 0.05) is 0 Å². The first-order chi connectivity index (χ1) is 6.77. The molecule has 4 nitrogen and oxygen atoms in total. The Kier molecular flexibility index (Phi) is 7.59. The van der Waals surface area contributed by atoms with E-state index in [1.54, 1.807) is 0 Å². The van der Waals surface area contributed by atoms with Crippen LogP contribution < -0.4 is 0 Å². The molecule has 92 valence electrons. The third-order valence-electron chi connectivity index (χ3n) is 1.34. The molecule has 5 heteroatoms. The molecule has 0 aromatic rings. The van der Waals surface area contributed by atoms with Crippen LogP contribution >= 0.6 is 0 Å². The van der Waals surface area contributed by atoms with E-state index in [1.165, 1.54) is 0 Å². The number of carbonyl (C=O) groups is 4. The van der Waals surface area contributed by atoms with Crippen molar-refractivity contribution in [2.75, 3.05) is 0 Å². The van der Waals surface area contributed by atoms with Gasteiger partial charge in [0.15, 0.2) is 0 Å². The Morgan fingerprint density at radius 1 is 0.600 bits per heavy atom. The Hall–Kier alpha value is -0.632. The second-order valence-electron chi connectivity index (χ2n) is 2.18. The zero-order valence-corrected chi connectivity index (χ0v) is 12.2. The maximum absolute atomic E-state index is 11.2. The fourth-order valence-corrected chi connectivity index (χ4v) is 7.70. The molecule has 0 atom stereocenters.